The van der Waals surface area contributed by atoms with Crippen LogP contribution in [0.3, 0.4) is 0 Å². The van der Waals surface area contributed by atoms with Gasteiger partial charge in [-0.05, 0) is 32.9 Å². The lowest BCUT2D eigenvalue weighted by Crippen LogP contribution is -2.21. The first-order valence-electron chi connectivity index (χ1n) is 8.11. The van der Waals surface area contributed by atoms with Gasteiger partial charge in [-0.2, -0.15) is 5.10 Å². The fraction of sp³-hybridized carbons (Fsp3) is 0.294. The summed E-state index contributed by atoms with van der Waals surface area (Å²) in [5.74, 6) is -0.291. The van der Waals surface area contributed by atoms with Crippen molar-refractivity contribution in [3.05, 3.63) is 46.9 Å². The molecule has 3 aromatic rings. The minimum Gasteiger partial charge on any atom is -0.349 e. The molecule has 130 valence electrons. The number of nitrogens with one attached hydrogen (secondary N) is 1. The van der Waals surface area contributed by atoms with Crippen LogP contribution in [0, 0.1) is 6.92 Å². The maximum absolute atomic E-state index is 12.4. The fourth-order valence-corrected chi connectivity index (χ4v) is 3.49. The van der Waals surface area contributed by atoms with Gasteiger partial charge in [0.2, 0.25) is 0 Å². The van der Waals surface area contributed by atoms with Crippen molar-refractivity contribution < 1.29 is 4.79 Å². The second-order valence-corrected chi connectivity index (χ2v) is 6.43. The number of carbonyl (C=O) groups excluding carboxylic acids is 1. The van der Waals surface area contributed by atoms with Crippen LogP contribution in [0.1, 0.15) is 34.9 Å². The van der Waals surface area contributed by atoms with Crippen LogP contribution in [0.4, 0.5) is 5.13 Å². The van der Waals surface area contributed by atoms with E-state index in [9.17, 15) is 4.79 Å². The molecule has 0 saturated heterocycles. The average Bonchev–Trinajstić information content (AvgIpc) is 3.19. The SMILES string of the molecule is CCN(CC)c1ncc(/C=N\NC(=O)c2c(C)nc3ccccn23)s1. The Kier molecular flexibility index (Phi) is 5.08. The molecule has 1 N–H and O–H groups in total. The van der Waals surface area contributed by atoms with Crippen molar-refractivity contribution in [2.75, 3.05) is 18.0 Å². The maximum Gasteiger partial charge on any atom is 0.290 e. The summed E-state index contributed by atoms with van der Waals surface area (Å²) in [6, 6.07) is 5.61. The van der Waals surface area contributed by atoms with Crippen molar-refractivity contribution in [3.8, 4) is 0 Å². The fourth-order valence-electron chi connectivity index (χ4n) is 2.57. The monoisotopic (exact) mass is 356 g/mol. The van der Waals surface area contributed by atoms with Crippen molar-refractivity contribution in [2.45, 2.75) is 20.8 Å². The number of hydrazone groups is 1. The summed E-state index contributed by atoms with van der Waals surface area (Å²) in [7, 11) is 0. The summed E-state index contributed by atoms with van der Waals surface area (Å²) in [5.41, 5.74) is 4.46. The van der Waals surface area contributed by atoms with E-state index in [2.05, 4.69) is 39.2 Å². The molecule has 1 amide bonds. The summed E-state index contributed by atoms with van der Waals surface area (Å²) in [6.45, 7) is 7.81. The minimum atomic E-state index is -0.291. The summed E-state index contributed by atoms with van der Waals surface area (Å²) in [5, 5.41) is 5.01. The first-order chi connectivity index (χ1) is 12.1. The third kappa shape index (κ3) is 3.53. The Labute approximate surface area is 150 Å². The van der Waals surface area contributed by atoms with Crippen LogP contribution in [0.15, 0.2) is 35.7 Å². The molecule has 7 nitrogen and oxygen atoms in total. The number of anilines is 1. The number of amides is 1. The highest BCUT2D eigenvalue weighted by molar-refractivity contribution is 7.17. The molecule has 0 atom stereocenters. The van der Waals surface area contributed by atoms with Crippen molar-refractivity contribution in [2.24, 2.45) is 5.10 Å². The number of imidazole rings is 1. The molecule has 0 aliphatic rings. The zero-order chi connectivity index (χ0) is 17.8. The highest BCUT2D eigenvalue weighted by atomic mass is 32.1. The molecule has 3 aromatic heterocycles. The lowest BCUT2D eigenvalue weighted by Gasteiger charge is -2.16. The van der Waals surface area contributed by atoms with Crippen LogP contribution in [0.25, 0.3) is 5.65 Å². The molecule has 0 aliphatic heterocycles. The maximum atomic E-state index is 12.4. The third-order valence-electron chi connectivity index (χ3n) is 3.82. The summed E-state index contributed by atoms with van der Waals surface area (Å²) in [6.07, 6.45) is 5.18. The van der Waals surface area contributed by atoms with E-state index in [-0.39, 0.29) is 5.91 Å². The van der Waals surface area contributed by atoms with E-state index in [1.165, 1.54) is 0 Å². The summed E-state index contributed by atoms with van der Waals surface area (Å²) < 4.78 is 1.76. The topological polar surface area (TPSA) is 74.9 Å². The van der Waals surface area contributed by atoms with Crippen LogP contribution in [0.2, 0.25) is 0 Å². The lowest BCUT2D eigenvalue weighted by atomic mass is 10.3. The molecule has 8 heteroatoms. The number of nitrogens with zero attached hydrogens (tertiary/aromatic N) is 5. The molecule has 0 spiro atoms. The number of hydrogen-bond acceptors (Lipinski definition) is 6. The van der Waals surface area contributed by atoms with E-state index >= 15 is 0 Å². The van der Waals surface area contributed by atoms with Crippen LogP contribution >= 0.6 is 11.3 Å². The predicted octanol–water partition coefficient (Wildman–Crippen LogP) is 2.71. The molecule has 0 unspecified atom stereocenters. The number of aromatic nitrogens is 3. The van der Waals surface area contributed by atoms with Crippen LogP contribution in [0.5, 0.6) is 0 Å². The number of thiazole rings is 1. The molecule has 3 rings (SSSR count). The van der Waals surface area contributed by atoms with Gasteiger partial charge in [-0.15, -0.1) is 0 Å². The molecular formula is C17H20N6OS. The van der Waals surface area contributed by atoms with E-state index in [1.54, 1.807) is 28.1 Å². The van der Waals surface area contributed by atoms with E-state index in [1.807, 2.05) is 31.3 Å². The van der Waals surface area contributed by atoms with E-state index in [0.29, 0.717) is 11.4 Å². The lowest BCUT2D eigenvalue weighted by molar-refractivity contribution is 0.0948. The van der Waals surface area contributed by atoms with Crippen molar-refractivity contribution in [1.29, 1.82) is 0 Å². The molecule has 0 aromatic carbocycles. The number of rotatable bonds is 6. The normalized spacial score (nSPS) is 11.3. The molecule has 0 aliphatic carbocycles. The first kappa shape index (κ1) is 17.1. The number of pyridine rings is 1. The van der Waals surface area contributed by atoms with Gasteiger partial charge in [0.25, 0.3) is 5.91 Å². The van der Waals surface area contributed by atoms with Crippen molar-refractivity contribution >= 4 is 34.2 Å². The third-order valence-corrected chi connectivity index (χ3v) is 4.82. The molecule has 25 heavy (non-hydrogen) atoms. The molecule has 0 bridgehead atoms. The van der Waals surface area contributed by atoms with Gasteiger partial charge < -0.3 is 4.90 Å². The Morgan fingerprint density at radius 2 is 2.20 bits per heavy atom. The second-order valence-electron chi connectivity index (χ2n) is 5.39. The minimum absolute atomic E-state index is 0.291. The largest absolute Gasteiger partial charge is 0.349 e. The number of hydrogen-bond donors (Lipinski definition) is 1. The Morgan fingerprint density at radius 1 is 1.40 bits per heavy atom. The highest BCUT2D eigenvalue weighted by Crippen LogP contribution is 2.20. The first-order valence-corrected chi connectivity index (χ1v) is 8.93. The molecular weight excluding hydrogens is 336 g/mol. The second kappa shape index (κ2) is 7.43. The Hall–Kier alpha value is -2.74. The number of carbonyl (C=O) groups is 1. The quantitative estimate of drug-likeness (QED) is 0.544. The average molecular weight is 356 g/mol. The highest BCUT2D eigenvalue weighted by Gasteiger charge is 2.15. The molecule has 0 radical (unpaired) electrons. The van der Waals surface area contributed by atoms with Crippen molar-refractivity contribution in [3.63, 3.8) is 0 Å². The van der Waals surface area contributed by atoms with E-state index < -0.39 is 0 Å². The van der Waals surface area contributed by atoms with Gasteiger partial charge in [-0.1, -0.05) is 17.4 Å². The number of aryl methyl sites for hydroxylation is 1. The zero-order valence-electron chi connectivity index (χ0n) is 14.4. The van der Waals surface area contributed by atoms with Gasteiger partial charge >= 0.3 is 0 Å². The van der Waals surface area contributed by atoms with Crippen LogP contribution < -0.4 is 10.3 Å². The smallest absolute Gasteiger partial charge is 0.290 e. The Balaban J connectivity index is 1.71. The van der Waals surface area contributed by atoms with Crippen LogP contribution in [-0.2, 0) is 0 Å². The van der Waals surface area contributed by atoms with Gasteiger partial charge in [0, 0.05) is 25.5 Å². The Bertz CT molecular complexity index is 909. The molecule has 3 heterocycles. The van der Waals surface area contributed by atoms with Gasteiger partial charge in [-0.25, -0.2) is 15.4 Å². The molecule has 0 saturated carbocycles. The predicted molar refractivity (Wildman–Crippen MR) is 101 cm³/mol. The van der Waals surface area contributed by atoms with E-state index in [4.69, 9.17) is 0 Å². The van der Waals surface area contributed by atoms with Gasteiger partial charge in [0.05, 0.1) is 16.8 Å². The Morgan fingerprint density at radius 3 is 2.96 bits per heavy atom. The molecule has 0 fully saturated rings. The van der Waals surface area contributed by atoms with Gasteiger partial charge in [0.1, 0.15) is 11.3 Å². The zero-order valence-corrected chi connectivity index (χ0v) is 15.2. The van der Waals surface area contributed by atoms with Gasteiger partial charge in [-0.3, -0.25) is 9.20 Å². The summed E-state index contributed by atoms with van der Waals surface area (Å²) >= 11 is 1.54. The number of fused-ring (bicyclic) bond motifs is 1. The standard InChI is InChI=1S/C17H20N6OS/c1-4-22(5-2)17-18-10-13(25-17)11-19-21-16(24)15-12(3)20-14-8-6-7-9-23(14)15/h6-11H,4-5H2,1-3H3,(H,21,24)/b19-11-. The van der Waals surface area contributed by atoms with Crippen LogP contribution in [-0.4, -0.2) is 39.6 Å². The van der Waals surface area contributed by atoms with Gasteiger partial charge in [0.15, 0.2) is 5.13 Å². The van der Waals surface area contributed by atoms with Crippen molar-refractivity contribution in [1.82, 2.24) is 19.8 Å². The van der Waals surface area contributed by atoms with E-state index in [0.717, 1.165) is 28.7 Å². The summed E-state index contributed by atoms with van der Waals surface area (Å²) in [4.78, 5) is 24.3.